The monoisotopic (exact) mass is 373 g/mol. The third-order valence-electron chi connectivity index (χ3n) is 4.30. The number of anilines is 1. The average Bonchev–Trinajstić information content (AvgIpc) is 3.30. The summed E-state index contributed by atoms with van der Waals surface area (Å²) in [4.78, 5) is 40.3. The van der Waals surface area contributed by atoms with E-state index in [1.165, 1.54) is 18.4 Å². The number of amides is 1. The first-order chi connectivity index (χ1) is 12.5. The fourth-order valence-corrected chi connectivity index (χ4v) is 3.59. The fourth-order valence-electron chi connectivity index (χ4n) is 2.80. The maximum absolute atomic E-state index is 12.2. The molecule has 7 nitrogen and oxygen atoms in total. The summed E-state index contributed by atoms with van der Waals surface area (Å²) < 4.78 is 4.74. The van der Waals surface area contributed by atoms with Crippen LogP contribution in [0.25, 0.3) is 0 Å². The zero-order valence-electron chi connectivity index (χ0n) is 14.4. The lowest BCUT2D eigenvalue weighted by Gasteiger charge is -2.06. The highest BCUT2D eigenvalue weighted by atomic mass is 32.1. The Balaban J connectivity index is 1.61. The molecule has 0 spiro atoms. The van der Waals surface area contributed by atoms with E-state index in [1.807, 2.05) is 12.3 Å². The first-order valence-electron chi connectivity index (χ1n) is 8.17. The number of aryl methyl sites for hydroxylation is 1. The Morgan fingerprint density at radius 3 is 2.69 bits per heavy atom. The topological polar surface area (TPSA) is 97.4 Å². The number of ketones is 1. The second-order valence-electron chi connectivity index (χ2n) is 6.14. The summed E-state index contributed by atoms with van der Waals surface area (Å²) in [6.45, 7) is 2.52. The van der Waals surface area contributed by atoms with Gasteiger partial charge in [-0.05, 0) is 13.3 Å². The van der Waals surface area contributed by atoms with E-state index in [0.29, 0.717) is 23.7 Å². The molecule has 0 saturated carbocycles. The van der Waals surface area contributed by atoms with E-state index in [0.717, 1.165) is 11.3 Å². The summed E-state index contributed by atoms with van der Waals surface area (Å²) in [5.41, 5.74) is 2.14. The third kappa shape index (κ3) is 3.97. The minimum Gasteiger partial charge on any atom is -0.468 e. The Kier molecular flexibility index (Phi) is 5.43. The van der Waals surface area contributed by atoms with Crippen molar-refractivity contribution in [1.29, 1.82) is 0 Å². The Labute approximate surface area is 154 Å². The van der Waals surface area contributed by atoms with Crippen LogP contribution in [0.4, 0.5) is 5.13 Å². The molecule has 2 N–H and O–H groups in total. The molecule has 0 radical (unpaired) electrons. The van der Waals surface area contributed by atoms with E-state index < -0.39 is 11.7 Å². The molecule has 1 aliphatic rings. The van der Waals surface area contributed by atoms with Crippen molar-refractivity contribution < 1.29 is 19.1 Å². The molecule has 8 heteroatoms. The Hall–Kier alpha value is -2.58. The highest BCUT2D eigenvalue weighted by Crippen LogP contribution is 2.29. The van der Waals surface area contributed by atoms with E-state index in [1.54, 1.807) is 24.3 Å². The van der Waals surface area contributed by atoms with Gasteiger partial charge in [-0.1, -0.05) is 29.8 Å². The number of thiazole rings is 1. The van der Waals surface area contributed by atoms with Gasteiger partial charge in [0.15, 0.2) is 5.13 Å². The largest absolute Gasteiger partial charge is 0.468 e. The van der Waals surface area contributed by atoms with Crippen molar-refractivity contribution in [2.75, 3.05) is 19.0 Å². The number of ether oxygens (including phenoxy) is 1. The van der Waals surface area contributed by atoms with Crippen molar-refractivity contribution in [2.24, 2.45) is 0 Å². The van der Waals surface area contributed by atoms with Crippen molar-refractivity contribution in [1.82, 2.24) is 10.3 Å². The minimum atomic E-state index is -0.716. The number of carbonyl (C=O) groups excluding carboxylic acids is 3. The molecule has 0 aliphatic carbocycles. The van der Waals surface area contributed by atoms with Crippen LogP contribution in [0.3, 0.4) is 0 Å². The van der Waals surface area contributed by atoms with E-state index in [9.17, 15) is 14.4 Å². The van der Waals surface area contributed by atoms with Crippen molar-refractivity contribution in [2.45, 2.75) is 25.3 Å². The summed E-state index contributed by atoms with van der Waals surface area (Å²) in [5, 5.41) is 7.85. The summed E-state index contributed by atoms with van der Waals surface area (Å²) in [5.74, 6) is -1.55. The van der Waals surface area contributed by atoms with Gasteiger partial charge in [0.2, 0.25) is 0 Å². The van der Waals surface area contributed by atoms with Gasteiger partial charge in [-0.3, -0.25) is 19.7 Å². The van der Waals surface area contributed by atoms with Crippen LogP contribution in [0.2, 0.25) is 0 Å². The van der Waals surface area contributed by atoms with Crippen molar-refractivity contribution in [3.05, 3.63) is 46.5 Å². The molecule has 1 saturated heterocycles. The molecule has 1 aromatic heterocycles. The molecule has 136 valence electrons. The van der Waals surface area contributed by atoms with Gasteiger partial charge in [-0.15, -0.1) is 11.3 Å². The van der Waals surface area contributed by atoms with Crippen LogP contribution in [0.15, 0.2) is 29.6 Å². The molecule has 2 atom stereocenters. The number of Topliss-reactive ketones (excluding diaryl/α,β-unsaturated/α-hetero) is 1. The summed E-state index contributed by atoms with van der Waals surface area (Å²) >= 11 is 1.26. The van der Waals surface area contributed by atoms with Crippen molar-refractivity contribution >= 4 is 34.1 Å². The van der Waals surface area contributed by atoms with Gasteiger partial charge in [0.25, 0.3) is 11.7 Å². The van der Waals surface area contributed by atoms with Crippen LogP contribution in [0.5, 0.6) is 0 Å². The molecule has 1 aliphatic heterocycles. The van der Waals surface area contributed by atoms with Crippen LogP contribution < -0.4 is 10.6 Å². The number of hydrogen-bond acceptors (Lipinski definition) is 7. The zero-order valence-corrected chi connectivity index (χ0v) is 15.3. The number of nitrogens with one attached hydrogen (secondary N) is 2. The zero-order chi connectivity index (χ0) is 18.7. The molecule has 0 bridgehead atoms. The van der Waals surface area contributed by atoms with E-state index in [2.05, 4.69) is 15.6 Å². The number of esters is 1. The number of hydrogen-bond donors (Lipinski definition) is 2. The highest BCUT2D eigenvalue weighted by molar-refractivity contribution is 7.14. The summed E-state index contributed by atoms with van der Waals surface area (Å²) in [6.07, 6.45) is 0.589. The molecule has 3 rings (SSSR count). The van der Waals surface area contributed by atoms with Crippen LogP contribution in [0.1, 0.15) is 34.0 Å². The lowest BCUT2D eigenvalue weighted by atomic mass is 10.0. The lowest BCUT2D eigenvalue weighted by molar-refractivity contribution is -0.142. The van der Waals surface area contributed by atoms with Crippen LogP contribution in [0, 0.1) is 6.92 Å². The number of benzene rings is 1. The Morgan fingerprint density at radius 1 is 1.27 bits per heavy atom. The summed E-state index contributed by atoms with van der Waals surface area (Å²) in [6, 6.07) is 6.48. The van der Waals surface area contributed by atoms with Crippen LogP contribution >= 0.6 is 11.3 Å². The van der Waals surface area contributed by atoms with E-state index in [-0.39, 0.29) is 17.9 Å². The van der Waals surface area contributed by atoms with Gasteiger partial charge >= 0.3 is 5.97 Å². The van der Waals surface area contributed by atoms with Gasteiger partial charge in [0, 0.05) is 23.4 Å². The van der Waals surface area contributed by atoms with Gasteiger partial charge in [0.1, 0.15) is 6.04 Å². The molecule has 2 heterocycles. The minimum absolute atomic E-state index is 0.0637. The SMILES string of the molecule is COC(=O)C1CC(c2csc(NC(=O)C(=O)c3ccc(C)cc3)n2)CN1. The smallest absolute Gasteiger partial charge is 0.322 e. The predicted molar refractivity (Wildman–Crippen MR) is 97.4 cm³/mol. The second-order valence-corrected chi connectivity index (χ2v) is 7.00. The molecular weight excluding hydrogens is 354 g/mol. The molecule has 2 unspecified atom stereocenters. The second kappa shape index (κ2) is 7.76. The number of carbonyl (C=O) groups is 3. The third-order valence-corrected chi connectivity index (χ3v) is 5.07. The van der Waals surface area contributed by atoms with Gasteiger partial charge in [-0.25, -0.2) is 4.98 Å². The Bertz CT molecular complexity index is 831. The molecule has 1 aromatic carbocycles. The quantitative estimate of drug-likeness (QED) is 0.472. The standard InChI is InChI=1S/C18H19N3O4S/c1-10-3-5-11(6-4-10)15(22)16(23)21-18-20-14(9-26-18)12-7-13(19-8-12)17(24)25-2/h3-6,9,12-13,19H,7-8H2,1-2H3,(H,20,21,23). The lowest BCUT2D eigenvalue weighted by Crippen LogP contribution is -2.31. The maximum atomic E-state index is 12.2. The number of methoxy groups -OCH3 is 1. The number of rotatable bonds is 5. The average molecular weight is 373 g/mol. The van der Waals surface area contributed by atoms with Crippen LogP contribution in [-0.4, -0.2) is 42.3 Å². The van der Waals surface area contributed by atoms with E-state index in [4.69, 9.17) is 4.74 Å². The number of aromatic nitrogens is 1. The first kappa shape index (κ1) is 18.2. The van der Waals surface area contributed by atoms with Crippen LogP contribution in [-0.2, 0) is 14.3 Å². The fraction of sp³-hybridized carbons (Fsp3) is 0.333. The predicted octanol–water partition coefficient (Wildman–Crippen LogP) is 1.89. The molecule has 2 aromatic rings. The molecular formula is C18H19N3O4S. The normalized spacial score (nSPS) is 19.2. The Morgan fingerprint density at radius 2 is 2.00 bits per heavy atom. The molecule has 26 heavy (non-hydrogen) atoms. The highest BCUT2D eigenvalue weighted by Gasteiger charge is 2.32. The molecule has 1 fully saturated rings. The van der Waals surface area contributed by atoms with Gasteiger partial charge in [-0.2, -0.15) is 0 Å². The summed E-state index contributed by atoms with van der Waals surface area (Å²) in [7, 11) is 1.36. The van der Waals surface area contributed by atoms with Gasteiger partial charge < -0.3 is 10.1 Å². The number of nitrogens with zero attached hydrogens (tertiary/aromatic N) is 1. The van der Waals surface area contributed by atoms with Crippen molar-refractivity contribution in [3.63, 3.8) is 0 Å². The van der Waals surface area contributed by atoms with Crippen molar-refractivity contribution in [3.8, 4) is 0 Å². The maximum Gasteiger partial charge on any atom is 0.322 e. The first-order valence-corrected chi connectivity index (χ1v) is 9.05. The van der Waals surface area contributed by atoms with E-state index >= 15 is 0 Å². The molecule has 1 amide bonds. The van der Waals surface area contributed by atoms with Gasteiger partial charge in [0.05, 0.1) is 12.8 Å².